The van der Waals surface area contributed by atoms with Crippen LogP contribution < -0.4 is 20.4 Å². The van der Waals surface area contributed by atoms with Crippen molar-refractivity contribution in [1.29, 1.82) is 0 Å². The van der Waals surface area contributed by atoms with Gasteiger partial charge >= 0.3 is 0 Å². The number of anilines is 2. The first-order valence-electron chi connectivity index (χ1n) is 12.3. The van der Waals surface area contributed by atoms with Crippen LogP contribution in [-0.2, 0) is 24.0 Å². The van der Waals surface area contributed by atoms with E-state index in [0.717, 1.165) is 9.80 Å². The second-order valence-electron chi connectivity index (χ2n) is 9.06. The smallest absolute Gasteiger partial charge is 0.270 e. The fraction of sp³-hybridized carbons (Fsp3) is 0.259. The maximum atomic E-state index is 13.8. The van der Waals surface area contributed by atoms with Crippen LogP contribution in [0.5, 0.6) is 0 Å². The van der Waals surface area contributed by atoms with Gasteiger partial charge in [-0.3, -0.25) is 28.9 Å². The summed E-state index contributed by atoms with van der Waals surface area (Å²) in [7, 11) is 0. The molecule has 2 aromatic heterocycles. The molecule has 40 heavy (non-hydrogen) atoms. The monoisotopic (exact) mass is 546 g/mol. The lowest BCUT2D eigenvalue weighted by Gasteiger charge is -2.25. The van der Waals surface area contributed by atoms with Gasteiger partial charge in [0.25, 0.3) is 17.7 Å². The maximum Gasteiger partial charge on any atom is 0.270 e. The molecule has 4 rings (SSSR count). The molecule has 0 aliphatic carbocycles. The van der Waals surface area contributed by atoms with Crippen molar-refractivity contribution in [1.82, 2.24) is 20.6 Å². The number of aliphatic hydroxyl groups excluding tert-OH is 1. The highest BCUT2D eigenvalue weighted by Gasteiger charge is 2.38. The van der Waals surface area contributed by atoms with Crippen molar-refractivity contribution in [2.75, 3.05) is 29.5 Å². The van der Waals surface area contributed by atoms with Crippen LogP contribution in [0.1, 0.15) is 23.8 Å². The number of ketones is 1. The molecule has 1 aromatic carbocycles. The Hall–Kier alpha value is -5.04. The van der Waals surface area contributed by atoms with E-state index in [-0.39, 0.29) is 35.8 Å². The van der Waals surface area contributed by atoms with Gasteiger partial charge in [-0.15, -0.1) is 0 Å². The van der Waals surface area contributed by atoms with Crippen LogP contribution in [0.25, 0.3) is 11.0 Å². The number of pyridine rings is 2. The molecule has 3 aromatic rings. The second-order valence-corrected chi connectivity index (χ2v) is 9.06. The third kappa shape index (κ3) is 6.15. The lowest BCUT2D eigenvalue weighted by molar-refractivity contribution is -0.127. The number of aromatic nitrogens is 2. The van der Waals surface area contributed by atoms with E-state index in [4.69, 9.17) is 0 Å². The van der Waals surface area contributed by atoms with Crippen LogP contribution in [-0.4, -0.2) is 82.6 Å². The van der Waals surface area contributed by atoms with E-state index in [1.165, 1.54) is 31.3 Å². The fourth-order valence-electron chi connectivity index (χ4n) is 4.33. The predicted octanol–water partition coefficient (Wildman–Crippen LogP) is -0.237. The molecule has 0 spiro atoms. The van der Waals surface area contributed by atoms with Crippen molar-refractivity contribution in [2.24, 2.45) is 0 Å². The largest absolute Gasteiger partial charge is 0.387 e. The van der Waals surface area contributed by atoms with Gasteiger partial charge in [0.1, 0.15) is 37.0 Å². The summed E-state index contributed by atoms with van der Waals surface area (Å²) in [6, 6.07) is 10.4. The molecule has 0 saturated carbocycles. The summed E-state index contributed by atoms with van der Waals surface area (Å²) in [6.07, 6.45) is 1.73. The highest BCUT2D eigenvalue weighted by molar-refractivity contribution is 6.11. The van der Waals surface area contributed by atoms with Crippen LogP contribution in [0.4, 0.5) is 11.4 Å². The SMILES string of the molecule is CC(=O)C[C@@H](C=O)NC(=O)CN1C(=O)[C@@H](NC(=O)c2ccc3cccnc3n2)CN(C(=O)CO)c2ccccc21. The van der Waals surface area contributed by atoms with E-state index < -0.39 is 48.9 Å². The van der Waals surface area contributed by atoms with Crippen molar-refractivity contribution in [2.45, 2.75) is 25.4 Å². The fourth-order valence-corrected chi connectivity index (χ4v) is 4.33. The Kier molecular flexibility index (Phi) is 8.54. The van der Waals surface area contributed by atoms with Gasteiger partial charge in [0, 0.05) is 18.0 Å². The first kappa shape index (κ1) is 28.0. The zero-order valence-electron chi connectivity index (χ0n) is 21.4. The minimum absolute atomic E-state index is 0.0249. The molecule has 0 fully saturated rings. The number of carbonyl (C=O) groups is 6. The number of amides is 4. The standard InChI is InChI=1S/C27H26N6O7/c1-16(36)11-18(14-34)29-23(37)13-33-22-7-3-2-6-21(22)32(24(38)15-35)12-20(27(33)40)31-26(39)19-9-8-17-5-4-10-28-25(17)30-19/h2-10,14,18,20,35H,11-13,15H2,1H3,(H,29,37)(H,31,39)/t18-,20-/m0/s1. The molecule has 0 unspecified atom stereocenters. The quantitative estimate of drug-likeness (QED) is 0.306. The normalized spacial score (nSPS) is 15.6. The average Bonchev–Trinajstić information content (AvgIpc) is 3.06. The van der Waals surface area contributed by atoms with Gasteiger partial charge in [-0.2, -0.15) is 0 Å². The number of nitrogens with zero attached hydrogens (tertiary/aromatic N) is 4. The van der Waals surface area contributed by atoms with Gasteiger partial charge in [0.15, 0.2) is 5.65 Å². The minimum atomic E-state index is -1.34. The van der Waals surface area contributed by atoms with Gasteiger partial charge < -0.3 is 25.4 Å². The third-order valence-corrected chi connectivity index (χ3v) is 6.15. The molecule has 13 heteroatoms. The number of nitrogens with one attached hydrogen (secondary N) is 2. The first-order valence-corrected chi connectivity index (χ1v) is 12.3. The van der Waals surface area contributed by atoms with Gasteiger partial charge in [-0.25, -0.2) is 9.97 Å². The van der Waals surface area contributed by atoms with E-state index in [9.17, 15) is 33.9 Å². The van der Waals surface area contributed by atoms with Crippen LogP contribution in [0, 0.1) is 0 Å². The Bertz CT molecular complexity index is 1490. The molecule has 0 saturated heterocycles. The zero-order chi connectivity index (χ0) is 28.8. The number of para-hydroxylation sites is 2. The van der Waals surface area contributed by atoms with E-state index in [2.05, 4.69) is 20.6 Å². The summed E-state index contributed by atoms with van der Waals surface area (Å²) in [6.45, 7) is -0.513. The Morgan fingerprint density at radius 3 is 2.55 bits per heavy atom. The number of Topliss-reactive ketones (excluding diaryl/α,β-unsaturated/α-hetero) is 1. The highest BCUT2D eigenvalue weighted by Crippen LogP contribution is 2.33. The van der Waals surface area contributed by atoms with E-state index in [0.29, 0.717) is 17.3 Å². The maximum absolute atomic E-state index is 13.8. The Labute approximate surface area is 228 Å². The summed E-state index contributed by atoms with van der Waals surface area (Å²) in [5, 5.41) is 15.3. The number of aldehydes is 1. The molecule has 3 heterocycles. The summed E-state index contributed by atoms with van der Waals surface area (Å²) >= 11 is 0. The summed E-state index contributed by atoms with van der Waals surface area (Å²) < 4.78 is 0. The number of fused-ring (bicyclic) bond motifs is 2. The van der Waals surface area contributed by atoms with Gasteiger partial charge in [-0.05, 0) is 43.3 Å². The summed E-state index contributed by atoms with van der Waals surface area (Å²) in [4.78, 5) is 85.9. The van der Waals surface area contributed by atoms with Crippen LogP contribution in [0.2, 0.25) is 0 Å². The van der Waals surface area contributed by atoms with Crippen molar-refractivity contribution in [3.63, 3.8) is 0 Å². The van der Waals surface area contributed by atoms with Crippen LogP contribution in [0.15, 0.2) is 54.7 Å². The average molecular weight is 547 g/mol. The van der Waals surface area contributed by atoms with Crippen LogP contribution >= 0.6 is 0 Å². The number of hydrogen-bond acceptors (Lipinski definition) is 9. The molecule has 13 nitrogen and oxygen atoms in total. The number of aliphatic hydroxyl groups is 1. The molecule has 1 aliphatic heterocycles. The summed E-state index contributed by atoms with van der Waals surface area (Å²) in [5.41, 5.74) is 0.690. The number of rotatable bonds is 9. The number of benzene rings is 1. The topological polar surface area (TPSA) is 179 Å². The Balaban J connectivity index is 1.66. The van der Waals surface area contributed by atoms with Crippen molar-refractivity contribution in [3.05, 3.63) is 60.4 Å². The van der Waals surface area contributed by atoms with Crippen LogP contribution in [0.3, 0.4) is 0 Å². The van der Waals surface area contributed by atoms with Gasteiger partial charge in [0.2, 0.25) is 5.91 Å². The second kappa shape index (κ2) is 12.2. The highest BCUT2D eigenvalue weighted by atomic mass is 16.3. The van der Waals surface area contributed by atoms with E-state index in [1.54, 1.807) is 30.3 Å². The summed E-state index contributed by atoms with van der Waals surface area (Å²) in [5.74, 6) is -3.23. The molecule has 206 valence electrons. The molecular weight excluding hydrogens is 520 g/mol. The van der Waals surface area contributed by atoms with Crippen molar-refractivity contribution in [3.8, 4) is 0 Å². The minimum Gasteiger partial charge on any atom is -0.387 e. The number of carbonyl (C=O) groups excluding carboxylic acids is 6. The molecular formula is C27H26N6O7. The zero-order valence-corrected chi connectivity index (χ0v) is 21.4. The van der Waals surface area contributed by atoms with Gasteiger partial charge in [0.05, 0.1) is 24.0 Å². The molecule has 1 aliphatic rings. The lowest BCUT2D eigenvalue weighted by atomic mass is 10.1. The lowest BCUT2D eigenvalue weighted by Crippen LogP contribution is -2.55. The first-order chi connectivity index (χ1) is 19.2. The predicted molar refractivity (Wildman–Crippen MR) is 142 cm³/mol. The Morgan fingerprint density at radius 2 is 1.85 bits per heavy atom. The molecule has 0 bridgehead atoms. The molecule has 3 N–H and O–H groups in total. The van der Waals surface area contributed by atoms with Crippen molar-refractivity contribution < 1.29 is 33.9 Å². The Morgan fingerprint density at radius 1 is 1.10 bits per heavy atom. The van der Waals surface area contributed by atoms with E-state index in [1.807, 2.05) is 0 Å². The van der Waals surface area contributed by atoms with Gasteiger partial charge in [-0.1, -0.05) is 12.1 Å². The van der Waals surface area contributed by atoms with E-state index >= 15 is 0 Å². The number of hydrogen-bond donors (Lipinski definition) is 3. The van der Waals surface area contributed by atoms with Crippen molar-refractivity contribution >= 4 is 58.1 Å². The third-order valence-electron chi connectivity index (χ3n) is 6.15. The molecule has 2 atom stereocenters. The molecule has 4 amide bonds. The molecule has 0 radical (unpaired) electrons.